The maximum absolute atomic E-state index is 11.9. The third-order valence-corrected chi connectivity index (χ3v) is 5.24. The minimum absolute atomic E-state index is 0.0488. The van der Waals surface area contributed by atoms with Gasteiger partial charge in [-0.2, -0.15) is 0 Å². The molecule has 7 nitrogen and oxygen atoms in total. The number of carbonyl (C=O) groups excluding carboxylic acids is 1. The fourth-order valence-corrected chi connectivity index (χ4v) is 3.62. The van der Waals surface area contributed by atoms with Gasteiger partial charge in [-0.3, -0.25) is 4.79 Å². The SMILES string of the molecule is CCNC(=NCc1cccc(CN2CCCC2=O)c1)NCC(C)Oc1cccc(OC)c1. The Labute approximate surface area is 190 Å². The average molecular weight is 439 g/mol. The molecule has 1 aliphatic heterocycles. The molecule has 0 aliphatic carbocycles. The van der Waals surface area contributed by atoms with Crippen LogP contribution in [-0.4, -0.2) is 49.6 Å². The molecule has 172 valence electrons. The predicted molar refractivity (Wildman–Crippen MR) is 127 cm³/mol. The molecule has 7 heteroatoms. The van der Waals surface area contributed by atoms with Crippen LogP contribution in [0.1, 0.15) is 37.8 Å². The van der Waals surface area contributed by atoms with Crippen LogP contribution < -0.4 is 20.1 Å². The Hall–Kier alpha value is -3.22. The Balaban J connectivity index is 1.53. The minimum Gasteiger partial charge on any atom is -0.497 e. The topological polar surface area (TPSA) is 75.2 Å². The van der Waals surface area contributed by atoms with Crippen LogP contribution in [0.5, 0.6) is 11.5 Å². The van der Waals surface area contributed by atoms with Gasteiger partial charge in [0.1, 0.15) is 17.6 Å². The summed E-state index contributed by atoms with van der Waals surface area (Å²) in [4.78, 5) is 18.5. The number of hydrogen-bond acceptors (Lipinski definition) is 4. The molecule has 0 radical (unpaired) electrons. The van der Waals surface area contributed by atoms with Gasteiger partial charge in [0.2, 0.25) is 5.91 Å². The molecular weight excluding hydrogens is 404 g/mol. The van der Waals surface area contributed by atoms with Gasteiger partial charge in [-0.05, 0) is 43.5 Å². The molecule has 1 heterocycles. The first-order chi connectivity index (χ1) is 15.6. The lowest BCUT2D eigenvalue weighted by Crippen LogP contribution is -2.41. The van der Waals surface area contributed by atoms with Gasteiger partial charge in [0.25, 0.3) is 0 Å². The monoisotopic (exact) mass is 438 g/mol. The Morgan fingerprint density at radius 2 is 1.91 bits per heavy atom. The number of guanidine groups is 1. The summed E-state index contributed by atoms with van der Waals surface area (Å²) in [5.41, 5.74) is 2.26. The zero-order chi connectivity index (χ0) is 22.8. The van der Waals surface area contributed by atoms with E-state index >= 15 is 0 Å². The molecular formula is C25H34N4O3. The third kappa shape index (κ3) is 7.18. The number of nitrogens with one attached hydrogen (secondary N) is 2. The lowest BCUT2D eigenvalue weighted by Gasteiger charge is -2.18. The van der Waals surface area contributed by atoms with E-state index in [1.807, 2.05) is 49.1 Å². The van der Waals surface area contributed by atoms with Gasteiger partial charge in [-0.1, -0.05) is 30.3 Å². The fraction of sp³-hybridized carbons (Fsp3) is 0.440. The van der Waals surface area contributed by atoms with Crippen LogP contribution in [-0.2, 0) is 17.9 Å². The highest BCUT2D eigenvalue weighted by Crippen LogP contribution is 2.20. The van der Waals surface area contributed by atoms with Crippen molar-refractivity contribution < 1.29 is 14.3 Å². The first kappa shape index (κ1) is 23.4. The standard InChI is InChI=1S/C25H34N4O3/c1-4-26-25(27-16-19(2)32-23-11-6-10-22(15-23)31-3)28-17-20-8-5-9-21(14-20)18-29-13-7-12-24(29)30/h5-6,8-11,14-15,19H,4,7,12-13,16-18H2,1-3H3,(H2,26,27,28). The smallest absolute Gasteiger partial charge is 0.222 e. The van der Waals surface area contributed by atoms with E-state index < -0.39 is 0 Å². The van der Waals surface area contributed by atoms with E-state index in [4.69, 9.17) is 14.5 Å². The van der Waals surface area contributed by atoms with E-state index in [0.29, 0.717) is 26.1 Å². The van der Waals surface area contributed by atoms with Crippen LogP contribution in [0.3, 0.4) is 0 Å². The van der Waals surface area contributed by atoms with Gasteiger partial charge < -0.3 is 25.0 Å². The zero-order valence-electron chi connectivity index (χ0n) is 19.3. The summed E-state index contributed by atoms with van der Waals surface area (Å²) in [6.07, 6.45) is 1.58. The Kier molecular flexibility index (Phi) is 8.78. The van der Waals surface area contributed by atoms with Crippen molar-refractivity contribution in [2.75, 3.05) is 26.7 Å². The van der Waals surface area contributed by atoms with E-state index in [1.54, 1.807) is 7.11 Å². The third-order valence-electron chi connectivity index (χ3n) is 5.24. The number of rotatable bonds is 10. The minimum atomic E-state index is -0.0488. The second-order valence-electron chi connectivity index (χ2n) is 7.92. The van der Waals surface area contributed by atoms with Crippen LogP contribution in [0.15, 0.2) is 53.5 Å². The largest absolute Gasteiger partial charge is 0.497 e. The molecule has 2 N–H and O–H groups in total. The van der Waals surface area contributed by atoms with Gasteiger partial charge in [0, 0.05) is 32.1 Å². The van der Waals surface area contributed by atoms with Gasteiger partial charge in [-0.15, -0.1) is 0 Å². The van der Waals surface area contributed by atoms with Crippen molar-refractivity contribution in [3.63, 3.8) is 0 Å². The van der Waals surface area contributed by atoms with Crippen LogP contribution in [0, 0.1) is 0 Å². The normalized spacial score (nSPS) is 14.9. The van der Waals surface area contributed by atoms with Crippen molar-refractivity contribution in [2.45, 2.75) is 45.9 Å². The molecule has 1 unspecified atom stereocenters. The predicted octanol–water partition coefficient (Wildman–Crippen LogP) is 3.34. The average Bonchev–Trinajstić information content (AvgIpc) is 3.20. The molecule has 1 aliphatic rings. The molecule has 0 bridgehead atoms. The number of methoxy groups -OCH3 is 1. The van der Waals surface area contributed by atoms with Crippen LogP contribution in [0.2, 0.25) is 0 Å². The van der Waals surface area contributed by atoms with Crippen LogP contribution >= 0.6 is 0 Å². The number of hydrogen-bond donors (Lipinski definition) is 2. The maximum Gasteiger partial charge on any atom is 0.222 e. The molecule has 0 aromatic heterocycles. The molecule has 0 spiro atoms. The number of benzene rings is 2. The number of likely N-dealkylation sites (tertiary alicyclic amines) is 1. The Bertz CT molecular complexity index is 916. The van der Waals surface area contributed by atoms with Crippen molar-refractivity contribution in [1.29, 1.82) is 0 Å². The quantitative estimate of drug-likeness (QED) is 0.440. The molecule has 1 amide bonds. The molecule has 1 atom stereocenters. The molecule has 2 aromatic rings. The first-order valence-electron chi connectivity index (χ1n) is 11.3. The first-order valence-corrected chi connectivity index (χ1v) is 11.3. The highest BCUT2D eigenvalue weighted by atomic mass is 16.5. The molecule has 1 fully saturated rings. The number of carbonyl (C=O) groups is 1. The van der Waals surface area contributed by atoms with Crippen LogP contribution in [0.4, 0.5) is 0 Å². The molecule has 1 saturated heterocycles. The summed E-state index contributed by atoms with van der Waals surface area (Å²) in [7, 11) is 1.64. The summed E-state index contributed by atoms with van der Waals surface area (Å²) in [6.45, 7) is 7.52. The van der Waals surface area contributed by atoms with Crippen molar-refractivity contribution in [2.24, 2.45) is 4.99 Å². The zero-order valence-corrected chi connectivity index (χ0v) is 19.3. The van der Waals surface area contributed by atoms with Gasteiger partial charge in [0.15, 0.2) is 5.96 Å². The van der Waals surface area contributed by atoms with Crippen molar-refractivity contribution >= 4 is 11.9 Å². The second-order valence-corrected chi connectivity index (χ2v) is 7.92. The lowest BCUT2D eigenvalue weighted by molar-refractivity contribution is -0.128. The number of nitrogens with zero attached hydrogens (tertiary/aromatic N) is 2. The van der Waals surface area contributed by atoms with E-state index in [-0.39, 0.29) is 12.0 Å². The second kappa shape index (κ2) is 12.0. The number of ether oxygens (including phenoxy) is 2. The molecule has 3 rings (SSSR count). The molecule has 0 saturated carbocycles. The van der Waals surface area contributed by atoms with Crippen molar-refractivity contribution in [3.05, 3.63) is 59.7 Å². The van der Waals surface area contributed by atoms with E-state index in [1.165, 1.54) is 0 Å². The summed E-state index contributed by atoms with van der Waals surface area (Å²) < 4.78 is 11.2. The molecule has 32 heavy (non-hydrogen) atoms. The maximum atomic E-state index is 11.9. The van der Waals surface area contributed by atoms with Gasteiger partial charge in [-0.25, -0.2) is 4.99 Å². The highest BCUT2D eigenvalue weighted by Gasteiger charge is 2.19. The Morgan fingerprint density at radius 1 is 1.12 bits per heavy atom. The van der Waals surface area contributed by atoms with E-state index in [9.17, 15) is 4.79 Å². The highest BCUT2D eigenvalue weighted by molar-refractivity contribution is 5.79. The van der Waals surface area contributed by atoms with E-state index in [2.05, 4.69) is 28.8 Å². The summed E-state index contributed by atoms with van der Waals surface area (Å²) in [5, 5.41) is 6.63. The van der Waals surface area contributed by atoms with Crippen molar-refractivity contribution in [1.82, 2.24) is 15.5 Å². The fourth-order valence-electron chi connectivity index (χ4n) is 3.62. The Morgan fingerprint density at radius 3 is 2.66 bits per heavy atom. The van der Waals surface area contributed by atoms with E-state index in [0.717, 1.165) is 48.1 Å². The summed E-state index contributed by atoms with van der Waals surface area (Å²) in [6, 6.07) is 15.9. The summed E-state index contributed by atoms with van der Waals surface area (Å²) >= 11 is 0. The summed E-state index contributed by atoms with van der Waals surface area (Å²) in [5.74, 6) is 2.54. The van der Waals surface area contributed by atoms with Gasteiger partial charge >= 0.3 is 0 Å². The number of aliphatic imine (C=N–C) groups is 1. The number of amides is 1. The van der Waals surface area contributed by atoms with Crippen LogP contribution in [0.25, 0.3) is 0 Å². The lowest BCUT2D eigenvalue weighted by atomic mass is 10.1. The molecule has 2 aromatic carbocycles. The van der Waals surface area contributed by atoms with Gasteiger partial charge in [0.05, 0.1) is 20.2 Å². The van der Waals surface area contributed by atoms with Crippen molar-refractivity contribution in [3.8, 4) is 11.5 Å².